The number of nitrogens with one attached hydrogen (secondary N) is 1. The number of hydrogen-bond acceptors (Lipinski definition) is 6. The third-order valence-corrected chi connectivity index (χ3v) is 3.79. The molecule has 0 atom stereocenters. The molecule has 0 spiro atoms. The second kappa shape index (κ2) is 6.49. The lowest BCUT2D eigenvalue weighted by Crippen LogP contribution is -2.39. The van der Waals surface area contributed by atoms with Gasteiger partial charge in [-0.25, -0.2) is 0 Å². The van der Waals surface area contributed by atoms with Gasteiger partial charge in [-0.15, -0.1) is 0 Å². The molecule has 0 saturated heterocycles. The zero-order valence-electron chi connectivity index (χ0n) is 12.6. The maximum absolute atomic E-state index is 12.3. The number of amides is 1. The van der Waals surface area contributed by atoms with Crippen LogP contribution in [0.5, 0.6) is 5.88 Å². The lowest BCUT2D eigenvalue weighted by molar-refractivity contribution is -0.387. The topological polar surface area (TPSA) is 118 Å². The molecule has 1 N–H and O–H groups in total. The van der Waals surface area contributed by atoms with Crippen molar-refractivity contribution in [2.75, 3.05) is 13.2 Å². The minimum Gasteiger partial charge on any atom is -0.463 e. The first-order chi connectivity index (χ1) is 11.6. The monoisotopic (exact) mass is 330 g/mol. The number of ether oxygens (including phenoxy) is 1. The van der Waals surface area contributed by atoms with Crippen molar-refractivity contribution in [3.05, 3.63) is 62.2 Å². The van der Waals surface area contributed by atoms with Gasteiger partial charge in [0.25, 0.3) is 5.91 Å². The van der Waals surface area contributed by atoms with E-state index >= 15 is 0 Å². The van der Waals surface area contributed by atoms with E-state index in [1.54, 1.807) is 4.90 Å². The van der Waals surface area contributed by atoms with Crippen molar-refractivity contribution in [1.82, 2.24) is 14.9 Å². The quantitative estimate of drug-likeness (QED) is 0.649. The third kappa shape index (κ3) is 3.09. The van der Waals surface area contributed by atoms with Crippen LogP contribution >= 0.6 is 0 Å². The zero-order chi connectivity index (χ0) is 17.1. The average Bonchev–Trinajstić information content (AvgIpc) is 2.58. The van der Waals surface area contributed by atoms with Crippen molar-refractivity contribution in [2.45, 2.75) is 13.0 Å². The molecule has 124 valence electrons. The maximum atomic E-state index is 12.3. The highest BCUT2D eigenvalue weighted by molar-refractivity contribution is 5.78. The summed E-state index contributed by atoms with van der Waals surface area (Å²) < 4.78 is 5.12. The fourth-order valence-corrected chi connectivity index (χ4v) is 2.57. The summed E-state index contributed by atoms with van der Waals surface area (Å²) in [7, 11) is 0. The van der Waals surface area contributed by atoms with Gasteiger partial charge in [0, 0.05) is 13.1 Å². The van der Waals surface area contributed by atoms with E-state index in [-0.39, 0.29) is 5.91 Å². The van der Waals surface area contributed by atoms with Crippen LogP contribution in [0.15, 0.2) is 35.4 Å². The first-order valence-electron chi connectivity index (χ1n) is 7.25. The fourth-order valence-electron chi connectivity index (χ4n) is 2.57. The summed E-state index contributed by atoms with van der Waals surface area (Å²) in [6, 6.07) is 7.85. The molecule has 1 aliphatic heterocycles. The molecule has 1 amide bonds. The van der Waals surface area contributed by atoms with E-state index in [2.05, 4.69) is 9.97 Å². The number of carbonyl (C=O) groups excluding carboxylic acids is 1. The SMILES string of the molecule is O=C(COc1nc[nH]c(=O)c1[N+](=O)[O-])N1CCc2ccccc2C1. The van der Waals surface area contributed by atoms with Crippen LogP contribution in [0.3, 0.4) is 0 Å². The first kappa shape index (κ1) is 15.7. The average molecular weight is 330 g/mol. The van der Waals surface area contributed by atoms with Crippen molar-refractivity contribution in [2.24, 2.45) is 0 Å². The van der Waals surface area contributed by atoms with E-state index in [1.807, 2.05) is 24.3 Å². The Kier molecular flexibility index (Phi) is 4.23. The number of H-pyrrole nitrogens is 1. The van der Waals surface area contributed by atoms with Crippen LogP contribution in [0.4, 0.5) is 5.69 Å². The summed E-state index contributed by atoms with van der Waals surface area (Å²) in [6.45, 7) is 0.590. The molecule has 1 aliphatic rings. The number of carbonyl (C=O) groups is 1. The van der Waals surface area contributed by atoms with Gasteiger partial charge in [-0.2, -0.15) is 4.98 Å². The van der Waals surface area contributed by atoms with E-state index in [1.165, 1.54) is 5.56 Å². The van der Waals surface area contributed by atoms with Gasteiger partial charge in [-0.3, -0.25) is 19.7 Å². The minimum absolute atomic E-state index is 0.319. The van der Waals surface area contributed by atoms with E-state index in [9.17, 15) is 19.7 Å². The Morgan fingerprint density at radius 1 is 1.38 bits per heavy atom. The second-order valence-corrected chi connectivity index (χ2v) is 5.27. The Morgan fingerprint density at radius 2 is 2.12 bits per heavy atom. The Hall–Kier alpha value is -3.23. The summed E-state index contributed by atoms with van der Waals surface area (Å²) in [6.07, 6.45) is 1.73. The fraction of sp³-hybridized carbons (Fsp3) is 0.267. The molecule has 2 heterocycles. The van der Waals surface area contributed by atoms with Gasteiger partial charge >= 0.3 is 17.1 Å². The first-order valence-corrected chi connectivity index (χ1v) is 7.25. The smallest absolute Gasteiger partial charge is 0.395 e. The Balaban J connectivity index is 1.68. The maximum Gasteiger partial charge on any atom is 0.395 e. The summed E-state index contributed by atoms with van der Waals surface area (Å²) in [5.74, 6) is -0.782. The van der Waals surface area contributed by atoms with Gasteiger partial charge in [-0.05, 0) is 17.5 Å². The van der Waals surface area contributed by atoms with Crippen molar-refractivity contribution in [3.8, 4) is 5.88 Å². The number of fused-ring (bicyclic) bond motifs is 1. The van der Waals surface area contributed by atoms with E-state index in [4.69, 9.17) is 4.74 Å². The number of nitrogens with zero attached hydrogens (tertiary/aromatic N) is 3. The molecule has 1 aromatic heterocycles. The molecule has 0 saturated carbocycles. The normalized spacial score (nSPS) is 13.2. The summed E-state index contributed by atoms with van der Waals surface area (Å²) in [4.78, 5) is 41.1. The van der Waals surface area contributed by atoms with E-state index < -0.39 is 28.7 Å². The van der Waals surface area contributed by atoms with Gasteiger partial charge in [-0.1, -0.05) is 24.3 Å². The predicted octanol–water partition coefficient (Wildman–Crippen LogP) is 0.642. The molecule has 9 nitrogen and oxygen atoms in total. The van der Waals surface area contributed by atoms with E-state index in [0.29, 0.717) is 13.1 Å². The molecule has 0 unspecified atom stereocenters. The third-order valence-electron chi connectivity index (χ3n) is 3.79. The Bertz CT molecular complexity index is 848. The lowest BCUT2D eigenvalue weighted by atomic mass is 10.00. The van der Waals surface area contributed by atoms with Crippen LogP contribution < -0.4 is 10.3 Å². The van der Waals surface area contributed by atoms with Gasteiger partial charge < -0.3 is 14.6 Å². The van der Waals surface area contributed by atoms with Crippen LogP contribution in [0.25, 0.3) is 0 Å². The highest BCUT2D eigenvalue weighted by atomic mass is 16.6. The standard InChI is InChI=1S/C15H14N4O5/c20-12(18-6-5-10-3-1-2-4-11(10)7-18)8-24-15-13(19(22)23)14(21)16-9-17-15/h1-4,9H,5-8H2,(H,16,17,21). The molecule has 0 radical (unpaired) electrons. The van der Waals surface area contributed by atoms with Gasteiger partial charge in [0.05, 0.1) is 11.3 Å². The van der Waals surface area contributed by atoms with Gasteiger partial charge in [0.2, 0.25) is 0 Å². The molecule has 0 aliphatic carbocycles. The molecule has 9 heteroatoms. The summed E-state index contributed by atoms with van der Waals surface area (Å²) in [5.41, 5.74) is 0.533. The Labute approximate surface area is 136 Å². The highest BCUT2D eigenvalue weighted by Gasteiger charge is 2.25. The predicted molar refractivity (Wildman–Crippen MR) is 82.6 cm³/mol. The number of rotatable bonds is 4. The number of nitro groups is 1. The largest absolute Gasteiger partial charge is 0.463 e. The number of aromatic nitrogens is 2. The highest BCUT2D eigenvalue weighted by Crippen LogP contribution is 2.20. The van der Waals surface area contributed by atoms with Crippen LogP contribution in [0.1, 0.15) is 11.1 Å². The number of hydrogen-bond donors (Lipinski definition) is 1. The second-order valence-electron chi connectivity index (χ2n) is 5.27. The number of benzene rings is 1. The van der Waals surface area contributed by atoms with Gasteiger partial charge in [0.15, 0.2) is 6.61 Å². The minimum atomic E-state index is -0.927. The molecule has 0 bridgehead atoms. The molecule has 3 rings (SSSR count). The number of aromatic amines is 1. The van der Waals surface area contributed by atoms with Crippen LogP contribution in [-0.4, -0.2) is 38.8 Å². The molecular formula is C15H14N4O5. The summed E-state index contributed by atoms with van der Waals surface area (Å²) >= 11 is 0. The lowest BCUT2D eigenvalue weighted by Gasteiger charge is -2.28. The summed E-state index contributed by atoms with van der Waals surface area (Å²) in [5, 5.41) is 10.9. The van der Waals surface area contributed by atoms with Crippen LogP contribution in [-0.2, 0) is 17.8 Å². The molecule has 24 heavy (non-hydrogen) atoms. The molecule has 0 fully saturated rings. The van der Waals surface area contributed by atoms with Crippen LogP contribution in [0, 0.1) is 10.1 Å². The molecular weight excluding hydrogens is 316 g/mol. The van der Waals surface area contributed by atoms with E-state index in [0.717, 1.165) is 18.3 Å². The van der Waals surface area contributed by atoms with Crippen molar-refractivity contribution in [3.63, 3.8) is 0 Å². The van der Waals surface area contributed by atoms with Crippen molar-refractivity contribution in [1.29, 1.82) is 0 Å². The van der Waals surface area contributed by atoms with Crippen molar-refractivity contribution < 1.29 is 14.5 Å². The van der Waals surface area contributed by atoms with Crippen LogP contribution in [0.2, 0.25) is 0 Å². The zero-order valence-corrected chi connectivity index (χ0v) is 12.6. The van der Waals surface area contributed by atoms with Crippen molar-refractivity contribution >= 4 is 11.6 Å². The molecule has 1 aromatic carbocycles. The Morgan fingerprint density at radius 3 is 2.88 bits per heavy atom. The molecule has 2 aromatic rings. The van der Waals surface area contributed by atoms with Gasteiger partial charge in [0.1, 0.15) is 0 Å².